The van der Waals surface area contributed by atoms with Crippen LogP contribution in [0.2, 0.25) is 0 Å². The third-order valence-corrected chi connectivity index (χ3v) is 5.10. The molecule has 1 aliphatic rings. The summed E-state index contributed by atoms with van der Waals surface area (Å²) in [6.45, 7) is 11.0. The molecule has 1 aliphatic heterocycles. The number of hydrogen-bond donors (Lipinski definition) is 2. The largest absolute Gasteiger partial charge is 0.496 e. The van der Waals surface area contributed by atoms with Crippen LogP contribution in [0.1, 0.15) is 41.5 Å². The van der Waals surface area contributed by atoms with Gasteiger partial charge in [-0.05, 0) is 53.7 Å². The van der Waals surface area contributed by atoms with E-state index in [9.17, 15) is 13.2 Å². The Kier molecular flexibility index (Phi) is 5.51. The second-order valence-electron chi connectivity index (χ2n) is 7.20. The van der Waals surface area contributed by atoms with Crippen LogP contribution in [0, 0.1) is 0 Å². The normalized spacial score (nSPS) is 18.6. The molecule has 0 bridgehead atoms. The predicted octanol–water partition coefficient (Wildman–Crippen LogP) is 1.91. The van der Waals surface area contributed by atoms with E-state index in [1.807, 2.05) is 27.7 Å². The number of rotatable bonds is 4. The van der Waals surface area contributed by atoms with Crippen LogP contribution in [0.3, 0.4) is 0 Å². The summed E-state index contributed by atoms with van der Waals surface area (Å²) < 4.78 is 40.2. The highest BCUT2D eigenvalue weighted by Gasteiger charge is 2.52. The second-order valence-corrected chi connectivity index (χ2v) is 8.19. The van der Waals surface area contributed by atoms with Gasteiger partial charge in [-0.3, -0.25) is 5.32 Å². The maximum Gasteiger partial charge on any atom is 0.496 e. The molecule has 7 nitrogen and oxygen atoms in total. The molecule has 2 rings (SSSR count). The lowest BCUT2D eigenvalue weighted by molar-refractivity contribution is 0.00578. The Balaban J connectivity index is 2.31. The van der Waals surface area contributed by atoms with Crippen molar-refractivity contribution in [2.45, 2.75) is 63.7 Å². The first kappa shape index (κ1) is 19.7. The molecule has 1 N–H and O–H groups in total. The minimum Gasteiger partial charge on any atom is -0.447 e. The minimum atomic E-state index is -2.90. The monoisotopic (exact) mass is 369 g/mol. The van der Waals surface area contributed by atoms with Gasteiger partial charge < -0.3 is 14.0 Å². The molecule has 138 valence electrons. The number of carbonyl (C=O) groups excluding carboxylic acids is 1. The van der Waals surface area contributed by atoms with Gasteiger partial charge in [-0.25, -0.2) is 13.2 Å². The molecule has 0 atom stereocenters. The Morgan fingerprint density at radius 3 is 2.20 bits per heavy atom. The number of hydrogen-bond acceptors (Lipinski definition) is 6. The maximum absolute atomic E-state index is 11.7. The van der Waals surface area contributed by atoms with Crippen molar-refractivity contribution < 1.29 is 27.3 Å². The lowest BCUT2D eigenvalue weighted by Gasteiger charge is -2.32. The zero-order chi connectivity index (χ0) is 19.0. The summed E-state index contributed by atoms with van der Waals surface area (Å²) in [5.41, 5.74) is -0.444. The van der Waals surface area contributed by atoms with E-state index >= 15 is 0 Å². The number of amides is 1. The first-order chi connectivity index (χ1) is 11.4. The molecule has 0 aliphatic carbocycles. The quantitative estimate of drug-likeness (QED) is 0.623. The number of carbonyl (C=O) groups is 1. The van der Waals surface area contributed by atoms with E-state index in [0.29, 0.717) is 11.2 Å². The fourth-order valence-electron chi connectivity index (χ4n) is 2.31. The molecular weight excluding hydrogens is 345 g/mol. The molecule has 0 unspecified atom stereocenters. The van der Waals surface area contributed by atoms with E-state index in [1.54, 1.807) is 26.0 Å². The maximum atomic E-state index is 11.7. The number of thiol groups is 1. The summed E-state index contributed by atoms with van der Waals surface area (Å²) in [7, 11) is -3.71. The standard InChI is InChI=1S/C16H24BNO6S/c1-10(2)22-14(19)18-11-7-8-12(13(9-11)25(20)21)17-23-15(3,4)16(5,6)24-17/h7-10,25H,1-6H3,(H,18,19). The average molecular weight is 369 g/mol. The molecule has 25 heavy (non-hydrogen) atoms. The van der Waals surface area contributed by atoms with E-state index in [4.69, 9.17) is 14.0 Å². The van der Waals surface area contributed by atoms with Crippen LogP contribution in [0.4, 0.5) is 10.5 Å². The van der Waals surface area contributed by atoms with E-state index in [0.717, 1.165) is 0 Å². The molecule has 1 aromatic rings. The van der Waals surface area contributed by atoms with Gasteiger partial charge in [0.2, 0.25) is 0 Å². The SMILES string of the molecule is CC(C)OC(=O)Nc1ccc(B2OC(C)(C)C(C)(C)O2)c([SH](=O)=O)c1. The highest BCUT2D eigenvalue weighted by atomic mass is 32.2. The topological polar surface area (TPSA) is 90.9 Å². The molecule has 1 aromatic carbocycles. The van der Waals surface area contributed by atoms with Crippen molar-refractivity contribution in [3.05, 3.63) is 18.2 Å². The van der Waals surface area contributed by atoms with Gasteiger partial charge in [-0.1, -0.05) is 6.07 Å². The molecule has 0 radical (unpaired) electrons. The lowest BCUT2D eigenvalue weighted by Crippen LogP contribution is -2.41. The van der Waals surface area contributed by atoms with E-state index in [2.05, 4.69) is 5.32 Å². The fraction of sp³-hybridized carbons (Fsp3) is 0.562. The van der Waals surface area contributed by atoms with Gasteiger partial charge in [0.25, 0.3) is 0 Å². The van der Waals surface area contributed by atoms with Crippen LogP contribution in [-0.2, 0) is 24.7 Å². The van der Waals surface area contributed by atoms with Crippen molar-refractivity contribution in [3.63, 3.8) is 0 Å². The first-order valence-electron chi connectivity index (χ1n) is 8.04. The third kappa shape index (κ3) is 4.34. The molecule has 0 aromatic heterocycles. The van der Waals surface area contributed by atoms with Crippen molar-refractivity contribution in [2.75, 3.05) is 5.32 Å². The summed E-state index contributed by atoms with van der Waals surface area (Å²) in [5, 5.41) is 2.51. The van der Waals surface area contributed by atoms with Gasteiger partial charge in [-0.2, -0.15) is 0 Å². The number of nitrogens with one attached hydrogen (secondary N) is 1. The number of benzene rings is 1. The van der Waals surface area contributed by atoms with Crippen molar-refractivity contribution in [1.29, 1.82) is 0 Å². The second kappa shape index (κ2) is 6.97. The van der Waals surface area contributed by atoms with E-state index in [-0.39, 0.29) is 11.0 Å². The third-order valence-electron chi connectivity index (χ3n) is 4.32. The highest BCUT2D eigenvalue weighted by molar-refractivity contribution is 7.72. The Morgan fingerprint density at radius 2 is 1.72 bits per heavy atom. The number of anilines is 1. The summed E-state index contributed by atoms with van der Waals surface area (Å²) in [4.78, 5) is 11.7. The van der Waals surface area contributed by atoms with Crippen molar-refractivity contribution in [2.24, 2.45) is 0 Å². The molecule has 0 saturated carbocycles. The van der Waals surface area contributed by atoms with Crippen LogP contribution in [0.15, 0.2) is 23.1 Å². The molecule has 1 fully saturated rings. The Hall–Kier alpha value is -1.58. The van der Waals surface area contributed by atoms with Crippen LogP contribution < -0.4 is 10.8 Å². The molecule has 9 heteroatoms. The van der Waals surface area contributed by atoms with Crippen molar-refractivity contribution >= 4 is 35.1 Å². The molecular formula is C16H24BNO6S. The highest BCUT2D eigenvalue weighted by Crippen LogP contribution is 2.36. The van der Waals surface area contributed by atoms with Crippen molar-refractivity contribution in [1.82, 2.24) is 0 Å². The van der Waals surface area contributed by atoms with Gasteiger partial charge in [0.05, 0.1) is 22.2 Å². The van der Waals surface area contributed by atoms with Gasteiger partial charge >= 0.3 is 13.2 Å². The van der Waals surface area contributed by atoms with E-state index in [1.165, 1.54) is 6.07 Å². The first-order valence-corrected chi connectivity index (χ1v) is 9.22. The summed E-state index contributed by atoms with van der Waals surface area (Å²) in [6, 6.07) is 4.53. The van der Waals surface area contributed by atoms with Gasteiger partial charge in [0, 0.05) is 11.2 Å². The zero-order valence-corrected chi connectivity index (χ0v) is 16.2. The molecule has 1 amide bonds. The smallest absolute Gasteiger partial charge is 0.447 e. The number of ether oxygens (including phenoxy) is 1. The van der Waals surface area contributed by atoms with Crippen LogP contribution in [0.25, 0.3) is 0 Å². The summed E-state index contributed by atoms with van der Waals surface area (Å²) >= 11 is 0. The minimum absolute atomic E-state index is 0.0378. The van der Waals surface area contributed by atoms with Gasteiger partial charge in [0.1, 0.15) is 0 Å². The molecule has 0 spiro atoms. The van der Waals surface area contributed by atoms with Crippen molar-refractivity contribution in [3.8, 4) is 0 Å². The van der Waals surface area contributed by atoms with Crippen LogP contribution in [-0.4, -0.2) is 38.9 Å². The van der Waals surface area contributed by atoms with Gasteiger partial charge in [-0.15, -0.1) is 0 Å². The van der Waals surface area contributed by atoms with Crippen LogP contribution in [0.5, 0.6) is 0 Å². The summed E-state index contributed by atoms with van der Waals surface area (Å²) in [5.74, 6) is 0. The molecule has 1 heterocycles. The summed E-state index contributed by atoms with van der Waals surface area (Å²) in [6.07, 6.45) is -0.926. The Morgan fingerprint density at radius 1 is 1.16 bits per heavy atom. The zero-order valence-electron chi connectivity index (χ0n) is 15.3. The fourth-order valence-corrected chi connectivity index (χ4v) is 2.95. The Labute approximate surface area is 150 Å². The Bertz CT molecular complexity index is 720. The predicted molar refractivity (Wildman–Crippen MR) is 96.0 cm³/mol. The lowest BCUT2D eigenvalue weighted by atomic mass is 9.79. The average Bonchev–Trinajstić information content (AvgIpc) is 2.66. The van der Waals surface area contributed by atoms with E-state index < -0.39 is 35.1 Å². The molecule has 1 saturated heterocycles. The van der Waals surface area contributed by atoms with Gasteiger partial charge in [0.15, 0.2) is 10.7 Å². The van der Waals surface area contributed by atoms with Crippen LogP contribution >= 0.6 is 0 Å².